The van der Waals surface area contributed by atoms with E-state index in [2.05, 4.69) is 158 Å². The highest BCUT2D eigenvalue weighted by Crippen LogP contribution is 2.53. The third-order valence-electron chi connectivity index (χ3n) is 11.3. The standard InChI is InChI=1S/C46H40O/c1-44(2,3)30-18-22-35-33-20-16-28(24-39(33)46(6,7)41(35)26-30)27-15-19-32-34-21-17-29(25-40(34)45(4,5)38(32)23-27)31-12-10-13-37-36-11-8-9-14-42(36)47-43(31)37/h8-26H,1-7H3. The van der Waals surface area contributed by atoms with Crippen molar-refractivity contribution in [3.8, 4) is 44.5 Å². The van der Waals surface area contributed by atoms with E-state index in [4.69, 9.17) is 4.42 Å². The highest BCUT2D eigenvalue weighted by molar-refractivity contribution is 6.09. The van der Waals surface area contributed by atoms with Crippen LogP contribution in [-0.4, -0.2) is 0 Å². The van der Waals surface area contributed by atoms with Gasteiger partial charge in [0.15, 0.2) is 0 Å². The average molecular weight is 609 g/mol. The molecule has 0 bridgehead atoms. The Morgan fingerprint density at radius 1 is 0.447 bits per heavy atom. The number of benzene rings is 6. The molecule has 6 aromatic carbocycles. The normalized spacial score (nSPS) is 15.5. The van der Waals surface area contributed by atoms with Gasteiger partial charge in [0.05, 0.1) is 0 Å². The van der Waals surface area contributed by atoms with Crippen molar-refractivity contribution in [3.63, 3.8) is 0 Å². The zero-order valence-electron chi connectivity index (χ0n) is 28.4. The second kappa shape index (κ2) is 9.35. The van der Waals surface area contributed by atoms with Crippen molar-refractivity contribution >= 4 is 21.9 Å². The zero-order valence-corrected chi connectivity index (χ0v) is 28.4. The fourth-order valence-corrected chi connectivity index (χ4v) is 8.44. The molecule has 0 atom stereocenters. The lowest BCUT2D eigenvalue weighted by atomic mass is 9.78. The van der Waals surface area contributed by atoms with E-state index >= 15 is 0 Å². The van der Waals surface area contributed by atoms with Crippen LogP contribution in [0.2, 0.25) is 0 Å². The summed E-state index contributed by atoms with van der Waals surface area (Å²) in [6.45, 7) is 16.4. The summed E-state index contributed by atoms with van der Waals surface area (Å²) in [7, 11) is 0. The Hall–Kier alpha value is -4.88. The minimum absolute atomic E-state index is 0.0483. The van der Waals surface area contributed by atoms with Crippen molar-refractivity contribution in [3.05, 3.63) is 143 Å². The van der Waals surface area contributed by atoms with E-state index < -0.39 is 0 Å². The van der Waals surface area contributed by atoms with Crippen LogP contribution in [0.3, 0.4) is 0 Å². The Morgan fingerprint density at radius 3 is 1.53 bits per heavy atom. The summed E-state index contributed by atoms with van der Waals surface area (Å²) in [5.41, 5.74) is 19.2. The Bertz CT molecular complexity index is 2440. The van der Waals surface area contributed by atoms with E-state index in [-0.39, 0.29) is 16.2 Å². The number of para-hydroxylation sites is 2. The predicted molar refractivity (Wildman–Crippen MR) is 198 cm³/mol. The van der Waals surface area contributed by atoms with Crippen molar-refractivity contribution < 1.29 is 4.42 Å². The maximum absolute atomic E-state index is 6.42. The topological polar surface area (TPSA) is 13.1 Å². The van der Waals surface area contributed by atoms with Gasteiger partial charge < -0.3 is 4.42 Å². The largest absolute Gasteiger partial charge is 0.455 e. The van der Waals surface area contributed by atoms with Gasteiger partial charge in [0, 0.05) is 27.2 Å². The van der Waals surface area contributed by atoms with Crippen LogP contribution in [0.25, 0.3) is 66.4 Å². The molecule has 0 fully saturated rings. The highest BCUT2D eigenvalue weighted by Gasteiger charge is 2.38. The Kier molecular flexibility index (Phi) is 5.64. The van der Waals surface area contributed by atoms with Crippen LogP contribution in [0.4, 0.5) is 0 Å². The first-order valence-electron chi connectivity index (χ1n) is 16.9. The van der Waals surface area contributed by atoms with Gasteiger partial charge in [-0.1, -0.05) is 139 Å². The molecule has 2 aliphatic rings. The molecule has 2 aliphatic carbocycles. The van der Waals surface area contributed by atoms with Gasteiger partial charge >= 0.3 is 0 Å². The lowest BCUT2D eigenvalue weighted by Gasteiger charge is -2.25. The monoisotopic (exact) mass is 608 g/mol. The average Bonchev–Trinajstić information content (AvgIpc) is 3.63. The van der Waals surface area contributed by atoms with Crippen LogP contribution in [-0.2, 0) is 16.2 Å². The second-order valence-electron chi connectivity index (χ2n) is 15.8. The number of fused-ring (bicyclic) bond motifs is 9. The fraction of sp³-hybridized carbons (Fsp3) is 0.217. The van der Waals surface area contributed by atoms with Crippen LogP contribution in [0.5, 0.6) is 0 Å². The molecule has 0 saturated carbocycles. The van der Waals surface area contributed by atoms with Gasteiger partial charge in [-0.25, -0.2) is 0 Å². The van der Waals surface area contributed by atoms with Gasteiger partial charge in [0.2, 0.25) is 0 Å². The maximum atomic E-state index is 6.42. The Morgan fingerprint density at radius 2 is 0.936 bits per heavy atom. The quantitative estimate of drug-likeness (QED) is 0.190. The molecule has 0 radical (unpaired) electrons. The van der Waals surface area contributed by atoms with Gasteiger partial charge in [0.25, 0.3) is 0 Å². The number of hydrogen-bond donors (Lipinski definition) is 0. The predicted octanol–water partition coefficient (Wildman–Crippen LogP) is 12.8. The molecule has 0 N–H and O–H groups in total. The SMILES string of the molecule is CC(C)(C)c1ccc2c(c1)C(C)(C)c1cc(-c3ccc4c(c3)C(C)(C)c3cc(-c5cccc6c5oc5ccccc56)ccc3-4)ccc1-2. The number of hydrogen-bond acceptors (Lipinski definition) is 1. The zero-order chi connectivity index (χ0) is 32.5. The summed E-state index contributed by atoms with van der Waals surface area (Å²) in [6, 6.07) is 43.2. The molecule has 1 nitrogen and oxygen atoms in total. The van der Waals surface area contributed by atoms with Gasteiger partial charge in [0.1, 0.15) is 11.2 Å². The van der Waals surface area contributed by atoms with Crippen LogP contribution in [0, 0.1) is 0 Å². The van der Waals surface area contributed by atoms with Gasteiger partial charge in [-0.2, -0.15) is 0 Å². The van der Waals surface area contributed by atoms with Crippen molar-refractivity contribution in [1.29, 1.82) is 0 Å². The molecule has 1 aromatic heterocycles. The third kappa shape index (κ3) is 3.96. The van der Waals surface area contributed by atoms with Crippen molar-refractivity contribution in [1.82, 2.24) is 0 Å². The third-order valence-corrected chi connectivity index (χ3v) is 11.3. The van der Waals surface area contributed by atoms with E-state index in [1.54, 1.807) is 0 Å². The van der Waals surface area contributed by atoms with Crippen molar-refractivity contribution in [2.45, 2.75) is 64.7 Å². The molecule has 1 heteroatoms. The molecular weight excluding hydrogens is 569 g/mol. The fourth-order valence-electron chi connectivity index (χ4n) is 8.44. The molecule has 1 heterocycles. The molecule has 7 aromatic rings. The summed E-state index contributed by atoms with van der Waals surface area (Å²) in [5, 5.41) is 2.33. The second-order valence-corrected chi connectivity index (χ2v) is 15.8. The molecule has 47 heavy (non-hydrogen) atoms. The summed E-state index contributed by atoms with van der Waals surface area (Å²) in [5.74, 6) is 0. The minimum atomic E-state index is -0.131. The minimum Gasteiger partial charge on any atom is -0.455 e. The molecule has 0 saturated heterocycles. The molecule has 230 valence electrons. The number of furan rings is 1. The van der Waals surface area contributed by atoms with Crippen LogP contribution in [0.15, 0.2) is 120 Å². The van der Waals surface area contributed by atoms with Gasteiger partial charge in [-0.15, -0.1) is 0 Å². The molecule has 0 spiro atoms. The molecule has 0 unspecified atom stereocenters. The first-order chi connectivity index (χ1) is 22.4. The first kappa shape index (κ1) is 28.4. The summed E-state index contributed by atoms with van der Waals surface area (Å²) < 4.78 is 6.42. The molecule has 0 aliphatic heterocycles. The highest BCUT2D eigenvalue weighted by atomic mass is 16.3. The van der Waals surface area contributed by atoms with Gasteiger partial charge in [-0.3, -0.25) is 0 Å². The van der Waals surface area contributed by atoms with Crippen LogP contribution >= 0.6 is 0 Å². The van der Waals surface area contributed by atoms with Gasteiger partial charge in [-0.05, 0) is 96.4 Å². The molecule has 0 amide bonds. The summed E-state index contributed by atoms with van der Waals surface area (Å²) in [6.07, 6.45) is 0. The first-order valence-corrected chi connectivity index (χ1v) is 16.9. The van der Waals surface area contributed by atoms with Crippen LogP contribution < -0.4 is 0 Å². The van der Waals surface area contributed by atoms with E-state index in [0.29, 0.717) is 0 Å². The van der Waals surface area contributed by atoms with E-state index in [9.17, 15) is 0 Å². The van der Waals surface area contributed by atoms with Crippen molar-refractivity contribution in [2.24, 2.45) is 0 Å². The lowest BCUT2D eigenvalue weighted by Crippen LogP contribution is -2.17. The molecular formula is C46H40O. The van der Waals surface area contributed by atoms with Crippen molar-refractivity contribution in [2.75, 3.05) is 0 Å². The summed E-state index contributed by atoms with van der Waals surface area (Å²) in [4.78, 5) is 0. The number of rotatable bonds is 2. The maximum Gasteiger partial charge on any atom is 0.143 e. The lowest BCUT2D eigenvalue weighted by molar-refractivity contribution is 0.584. The Balaban J connectivity index is 1.11. The van der Waals surface area contributed by atoms with E-state index in [1.165, 1.54) is 77.5 Å². The Labute approximate surface area is 277 Å². The van der Waals surface area contributed by atoms with E-state index in [1.807, 2.05) is 6.07 Å². The van der Waals surface area contributed by atoms with E-state index in [0.717, 1.165) is 16.7 Å². The molecule has 9 rings (SSSR count). The smallest absolute Gasteiger partial charge is 0.143 e. The van der Waals surface area contributed by atoms with Crippen LogP contribution in [0.1, 0.15) is 76.3 Å². The summed E-state index contributed by atoms with van der Waals surface area (Å²) >= 11 is 0.